The fourth-order valence-corrected chi connectivity index (χ4v) is 3.22. The van der Waals surface area contributed by atoms with E-state index < -0.39 is 0 Å². The highest BCUT2D eigenvalue weighted by Crippen LogP contribution is 2.21. The molecule has 3 rings (SSSR count). The van der Waals surface area contributed by atoms with Crippen LogP contribution in [0.3, 0.4) is 0 Å². The van der Waals surface area contributed by atoms with Crippen LogP contribution in [0.25, 0.3) is 11.0 Å². The lowest BCUT2D eigenvalue weighted by atomic mass is 9.99. The fraction of sp³-hybridized carbons (Fsp3) is 0.688. The third-order valence-electron chi connectivity index (χ3n) is 4.42. The monoisotopic (exact) mass is 334 g/mol. The first kappa shape index (κ1) is 16.9. The summed E-state index contributed by atoms with van der Waals surface area (Å²) in [7, 11) is 1.70. The van der Waals surface area contributed by atoms with Gasteiger partial charge in [0.25, 0.3) is 5.56 Å². The predicted octanol–water partition coefficient (Wildman–Crippen LogP) is 1.06. The number of nitrogens with one attached hydrogen (secondary N) is 3. The molecule has 3 heterocycles. The Morgan fingerprint density at radius 2 is 2.25 bits per heavy atom. The number of aromatic amines is 1. The highest BCUT2D eigenvalue weighted by atomic mass is 16.5. The van der Waals surface area contributed by atoms with Crippen molar-refractivity contribution in [1.82, 2.24) is 25.1 Å². The minimum Gasteiger partial charge on any atom is -0.383 e. The van der Waals surface area contributed by atoms with Gasteiger partial charge in [-0.3, -0.25) is 9.78 Å². The van der Waals surface area contributed by atoms with E-state index >= 15 is 0 Å². The molecule has 1 saturated heterocycles. The van der Waals surface area contributed by atoms with Gasteiger partial charge in [-0.25, -0.2) is 4.68 Å². The number of nitrogens with zero attached hydrogens (tertiary/aromatic N) is 3. The first-order valence-corrected chi connectivity index (χ1v) is 8.31. The molecule has 1 fully saturated rings. The van der Waals surface area contributed by atoms with Crippen LogP contribution in [-0.2, 0) is 10.3 Å². The molecule has 8 nitrogen and oxygen atoms in total. The van der Waals surface area contributed by atoms with Gasteiger partial charge in [-0.15, -0.1) is 0 Å². The van der Waals surface area contributed by atoms with E-state index in [0.29, 0.717) is 30.1 Å². The number of fused-ring (bicyclic) bond motifs is 1. The molecule has 1 atom stereocenters. The van der Waals surface area contributed by atoms with Crippen molar-refractivity contribution in [3.05, 3.63) is 16.6 Å². The number of H-pyrrole nitrogens is 1. The van der Waals surface area contributed by atoms with Gasteiger partial charge in [0.2, 0.25) is 5.95 Å². The average Bonchev–Trinajstić information content (AvgIpc) is 3.12. The molecule has 1 aliphatic rings. The highest BCUT2D eigenvalue weighted by molar-refractivity contribution is 5.74. The molecule has 0 saturated carbocycles. The van der Waals surface area contributed by atoms with E-state index in [2.05, 4.69) is 25.7 Å². The highest BCUT2D eigenvalue weighted by Gasteiger charge is 2.33. The number of rotatable bonds is 5. The van der Waals surface area contributed by atoms with Crippen LogP contribution in [0.4, 0.5) is 5.95 Å². The maximum absolute atomic E-state index is 12.3. The second-order valence-corrected chi connectivity index (χ2v) is 7.48. The van der Waals surface area contributed by atoms with Crippen molar-refractivity contribution >= 4 is 17.0 Å². The Hall–Kier alpha value is -1.93. The molecule has 0 radical (unpaired) electrons. The van der Waals surface area contributed by atoms with Crippen LogP contribution in [0.2, 0.25) is 0 Å². The minimum absolute atomic E-state index is 0.119. The summed E-state index contributed by atoms with van der Waals surface area (Å²) in [6, 6.07) is 0. The van der Waals surface area contributed by atoms with Crippen LogP contribution in [0, 0.1) is 0 Å². The van der Waals surface area contributed by atoms with Gasteiger partial charge in [0.1, 0.15) is 5.39 Å². The van der Waals surface area contributed by atoms with Crippen LogP contribution in [0.15, 0.2) is 11.0 Å². The molecule has 0 amide bonds. The molecular formula is C16H26N6O2. The average molecular weight is 334 g/mol. The quantitative estimate of drug-likeness (QED) is 0.756. The lowest BCUT2D eigenvalue weighted by molar-refractivity contribution is 0.127. The number of aromatic nitrogens is 4. The van der Waals surface area contributed by atoms with E-state index in [4.69, 9.17) is 4.74 Å². The SMILES string of the molecule is COCC1(CNc2nc3c(cnn3C(C)(C)C)c(=O)[nH]2)CCCN1. The lowest BCUT2D eigenvalue weighted by Gasteiger charge is -2.29. The topological polar surface area (TPSA) is 96.9 Å². The van der Waals surface area contributed by atoms with Gasteiger partial charge in [-0.05, 0) is 40.2 Å². The number of anilines is 1. The molecular weight excluding hydrogens is 308 g/mol. The standard InChI is InChI=1S/C16H26N6O2/c1-15(2,3)22-12-11(8-19-22)13(23)21-14(20-12)17-9-16(10-24-4)6-5-7-18-16/h8,18H,5-7,9-10H2,1-4H3,(H2,17,20,21,23). The largest absolute Gasteiger partial charge is 0.383 e. The van der Waals surface area contributed by atoms with E-state index in [1.807, 2.05) is 20.8 Å². The fourth-order valence-electron chi connectivity index (χ4n) is 3.22. The van der Waals surface area contributed by atoms with Crippen molar-refractivity contribution in [2.24, 2.45) is 0 Å². The van der Waals surface area contributed by atoms with E-state index in [-0.39, 0.29) is 16.6 Å². The summed E-state index contributed by atoms with van der Waals surface area (Å²) in [5.41, 5.74) is 0.0449. The maximum atomic E-state index is 12.3. The van der Waals surface area contributed by atoms with Crippen molar-refractivity contribution in [2.45, 2.75) is 44.7 Å². The molecule has 0 bridgehead atoms. The van der Waals surface area contributed by atoms with E-state index in [9.17, 15) is 4.79 Å². The maximum Gasteiger partial charge on any atom is 0.263 e. The Morgan fingerprint density at radius 3 is 2.88 bits per heavy atom. The third-order valence-corrected chi connectivity index (χ3v) is 4.42. The van der Waals surface area contributed by atoms with Crippen molar-refractivity contribution < 1.29 is 4.74 Å². The lowest BCUT2D eigenvalue weighted by Crippen LogP contribution is -2.50. The van der Waals surface area contributed by atoms with Gasteiger partial charge in [-0.2, -0.15) is 10.1 Å². The van der Waals surface area contributed by atoms with Crippen LogP contribution in [-0.4, -0.2) is 52.1 Å². The zero-order valence-corrected chi connectivity index (χ0v) is 14.8. The van der Waals surface area contributed by atoms with Crippen molar-refractivity contribution in [1.29, 1.82) is 0 Å². The summed E-state index contributed by atoms with van der Waals surface area (Å²) in [4.78, 5) is 19.7. The van der Waals surface area contributed by atoms with Crippen LogP contribution < -0.4 is 16.2 Å². The molecule has 8 heteroatoms. The number of hydrogen-bond acceptors (Lipinski definition) is 6. The molecule has 2 aromatic rings. The van der Waals surface area contributed by atoms with Gasteiger partial charge in [0.05, 0.1) is 23.9 Å². The Labute approximate surface area is 141 Å². The molecule has 1 aliphatic heterocycles. The van der Waals surface area contributed by atoms with Gasteiger partial charge < -0.3 is 15.4 Å². The molecule has 0 aromatic carbocycles. The second-order valence-electron chi connectivity index (χ2n) is 7.48. The number of methoxy groups -OCH3 is 1. The Morgan fingerprint density at radius 1 is 1.46 bits per heavy atom. The number of hydrogen-bond donors (Lipinski definition) is 3. The summed E-state index contributed by atoms with van der Waals surface area (Å²) >= 11 is 0. The molecule has 132 valence electrons. The zero-order valence-electron chi connectivity index (χ0n) is 14.8. The van der Waals surface area contributed by atoms with Gasteiger partial charge in [0.15, 0.2) is 5.65 Å². The summed E-state index contributed by atoms with van der Waals surface area (Å²) in [5, 5.41) is 11.6. The minimum atomic E-state index is -0.246. The van der Waals surface area contributed by atoms with Gasteiger partial charge in [-0.1, -0.05) is 0 Å². The normalized spacial score (nSPS) is 21.5. The first-order valence-electron chi connectivity index (χ1n) is 8.31. The Bertz CT molecular complexity index is 767. The molecule has 3 N–H and O–H groups in total. The van der Waals surface area contributed by atoms with Crippen molar-refractivity contribution in [3.63, 3.8) is 0 Å². The van der Waals surface area contributed by atoms with Crippen LogP contribution in [0.5, 0.6) is 0 Å². The van der Waals surface area contributed by atoms with E-state index in [1.54, 1.807) is 18.0 Å². The molecule has 0 spiro atoms. The first-order chi connectivity index (χ1) is 11.3. The Balaban J connectivity index is 1.88. The molecule has 2 aromatic heterocycles. The van der Waals surface area contributed by atoms with Crippen molar-refractivity contribution in [3.8, 4) is 0 Å². The third kappa shape index (κ3) is 3.16. The zero-order chi connectivity index (χ0) is 17.4. The summed E-state index contributed by atoms with van der Waals surface area (Å²) in [5.74, 6) is 0.461. The van der Waals surface area contributed by atoms with Crippen molar-refractivity contribution in [2.75, 3.05) is 32.1 Å². The van der Waals surface area contributed by atoms with Gasteiger partial charge in [0, 0.05) is 13.7 Å². The number of ether oxygens (including phenoxy) is 1. The smallest absolute Gasteiger partial charge is 0.263 e. The molecule has 0 aliphatic carbocycles. The Kier molecular flexibility index (Phi) is 4.35. The molecule has 24 heavy (non-hydrogen) atoms. The summed E-state index contributed by atoms with van der Waals surface area (Å²) in [6.45, 7) is 8.33. The van der Waals surface area contributed by atoms with Gasteiger partial charge >= 0.3 is 0 Å². The summed E-state index contributed by atoms with van der Waals surface area (Å²) < 4.78 is 7.13. The van der Waals surface area contributed by atoms with Crippen LogP contribution in [0.1, 0.15) is 33.6 Å². The van der Waals surface area contributed by atoms with E-state index in [1.165, 1.54) is 0 Å². The summed E-state index contributed by atoms with van der Waals surface area (Å²) in [6.07, 6.45) is 3.71. The second kappa shape index (κ2) is 6.18. The van der Waals surface area contributed by atoms with E-state index in [0.717, 1.165) is 19.4 Å². The van der Waals surface area contributed by atoms with Crippen LogP contribution >= 0.6 is 0 Å². The predicted molar refractivity (Wildman–Crippen MR) is 93.5 cm³/mol. The molecule has 1 unspecified atom stereocenters.